The molecule has 0 bridgehead atoms. The summed E-state index contributed by atoms with van der Waals surface area (Å²) in [7, 11) is 0. The van der Waals surface area contributed by atoms with Crippen LogP contribution in [0.2, 0.25) is 0 Å². The molecule has 1 unspecified atom stereocenters. The van der Waals surface area contributed by atoms with Crippen LogP contribution in [-0.2, 0) is 11.3 Å². The maximum absolute atomic E-state index is 13.1. The molecular formula is C14H17F2NO. The van der Waals surface area contributed by atoms with E-state index >= 15 is 0 Å². The van der Waals surface area contributed by atoms with Gasteiger partial charge in [0.1, 0.15) is 5.78 Å². The summed E-state index contributed by atoms with van der Waals surface area (Å²) in [5, 5.41) is 0. The summed E-state index contributed by atoms with van der Waals surface area (Å²) in [4.78, 5) is 13.5. The Hall–Kier alpha value is -1.29. The van der Waals surface area contributed by atoms with Crippen molar-refractivity contribution in [3.05, 3.63) is 35.4 Å². The zero-order valence-corrected chi connectivity index (χ0v) is 10.5. The van der Waals surface area contributed by atoms with Gasteiger partial charge >= 0.3 is 0 Å². The first-order valence-corrected chi connectivity index (χ1v) is 6.23. The number of nitrogens with zero attached hydrogens (tertiary/aromatic N) is 1. The number of carbonyl (C=O) groups is 1. The first-order valence-electron chi connectivity index (χ1n) is 6.23. The molecule has 0 saturated carbocycles. The predicted octanol–water partition coefficient (Wildman–Crippen LogP) is 2.77. The van der Waals surface area contributed by atoms with E-state index in [1.54, 1.807) is 13.0 Å². The van der Waals surface area contributed by atoms with E-state index in [1.807, 2.05) is 0 Å². The Labute approximate surface area is 106 Å². The molecule has 1 aliphatic heterocycles. The zero-order valence-electron chi connectivity index (χ0n) is 10.5. The molecule has 0 spiro atoms. The molecule has 18 heavy (non-hydrogen) atoms. The molecule has 2 nitrogen and oxygen atoms in total. The molecule has 0 N–H and O–H groups in total. The first-order chi connectivity index (χ1) is 8.56. The number of halogens is 2. The van der Waals surface area contributed by atoms with E-state index in [0.717, 1.165) is 31.0 Å². The highest BCUT2D eigenvalue weighted by Crippen LogP contribution is 2.20. The van der Waals surface area contributed by atoms with Crippen LogP contribution in [0.25, 0.3) is 0 Å². The Bertz CT molecular complexity index is 447. The van der Waals surface area contributed by atoms with E-state index in [4.69, 9.17) is 0 Å². The number of ketones is 1. The summed E-state index contributed by atoms with van der Waals surface area (Å²) < 4.78 is 25.9. The van der Waals surface area contributed by atoms with E-state index in [2.05, 4.69) is 4.90 Å². The molecule has 98 valence electrons. The van der Waals surface area contributed by atoms with Gasteiger partial charge in [-0.15, -0.1) is 0 Å². The van der Waals surface area contributed by atoms with Gasteiger partial charge in [-0.25, -0.2) is 8.78 Å². The highest BCUT2D eigenvalue weighted by atomic mass is 19.2. The molecular weight excluding hydrogens is 236 g/mol. The standard InChI is InChI=1S/C14H17F2NO/c1-10(18)12-3-2-6-17(9-12)8-11-4-5-13(15)14(16)7-11/h4-5,7,12H,2-3,6,8-9H2,1H3. The molecule has 0 radical (unpaired) electrons. The molecule has 1 fully saturated rings. The molecule has 2 rings (SSSR count). The Morgan fingerprint density at radius 3 is 2.83 bits per heavy atom. The molecule has 1 aromatic carbocycles. The van der Waals surface area contributed by atoms with Gasteiger partial charge in [-0.2, -0.15) is 0 Å². The van der Waals surface area contributed by atoms with Gasteiger partial charge in [-0.1, -0.05) is 6.07 Å². The second-order valence-electron chi connectivity index (χ2n) is 4.93. The number of likely N-dealkylation sites (tertiary alicyclic amines) is 1. The van der Waals surface area contributed by atoms with Gasteiger partial charge in [0.25, 0.3) is 0 Å². The van der Waals surface area contributed by atoms with Gasteiger partial charge in [0.15, 0.2) is 11.6 Å². The smallest absolute Gasteiger partial charge is 0.159 e. The lowest BCUT2D eigenvalue weighted by Crippen LogP contribution is -2.37. The van der Waals surface area contributed by atoms with Gasteiger partial charge in [-0.05, 0) is 44.0 Å². The van der Waals surface area contributed by atoms with Gasteiger partial charge in [0, 0.05) is 19.0 Å². The molecule has 1 saturated heterocycles. The number of hydrogen-bond acceptors (Lipinski definition) is 2. The van der Waals surface area contributed by atoms with E-state index < -0.39 is 11.6 Å². The van der Waals surface area contributed by atoms with Crippen LogP contribution in [0.4, 0.5) is 8.78 Å². The Morgan fingerprint density at radius 2 is 2.17 bits per heavy atom. The lowest BCUT2D eigenvalue weighted by atomic mass is 9.94. The predicted molar refractivity (Wildman–Crippen MR) is 65.0 cm³/mol. The topological polar surface area (TPSA) is 20.3 Å². The summed E-state index contributed by atoms with van der Waals surface area (Å²) >= 11 is 0. The van der Waals surface area contributed by atoms with Gasteiger partial charge in [0.2, 0.25) is 0 Å². The van der Waals surface area contributed by atoms with Crippen molar-refractivity contribution < 1.29 is 13.6 Å². The van der Waals surface area contributed by atoms with Crippen LogP contribution in [0.15, 0.2) is 18.2 Å². The summed E-state index contributed by atoms with van der Waals surface area (Å²) in [6.45, 7) is 3.81. The zero-order chi connectivity index (χ0) is 13.1. The van der Waals surface area contributed by atoms with Crippen LogP contribution in [0.5, 0.6) is 0 Å². The second-order valence-corrected chi connectivity index (χ2v) is 4.93. The maximum atomic E-state index is 13.1. The number of hydrogen-bond donors (Lipinski definition) is 0. The Kier molecular flexibility index (Phi) is 4.07. The molecule has 0 amide bonds. The average Bonchev–Trinajstić information content (AvgIpc) is 2.34. The van der Waals surface area contributed by atoms with E-state index in [9.17, 15) is 13.6 Å². The number of rotatable bonds is 3. The minimum Gasteiger partial charge on any atom is -0.300 e. The summed E-state index contributed by atoms with van der Waals surface area (Å²) in [6.07, 6.45) is 1.91. The summed E-state index contributed by atoms with van der Waals surface area (Å²) in [6, 6.07) is 3.97. The van der Waals surface area contributed by atoms with E-state index in [1.165, 1.54) is 6.07 Å². The number of Topliss-reactive ketones (excluding diaryl/α,β-unsaturated/α-hetero) is 1. The monoisotopic (exact) mass is 253 g/mol. The largest absolute Gasteiger partial charge is 0.300 e. The van der Waals surface area contributed by atoms with Crippen molar-refractivity contribution in [2.45, 2.75) is 26.3 Å². The third-order valence-corrected chi connectivity index (χ3v) is 3.47. The maximum Gasteiger partial charge on any atom is 0.159 e. The van der Waals surface area contributed by atoms with Crippen molar-refractivity contribution in [2.24, 2.45) is 5.92 Å². The number of carbonyl (C=O) groups excluding carboxylic acids is 1. The average molecular weight is 253 g/mol. The van der Waals surface area contributed by atoms with Crippen LogP contribution >= 0.6 is 0 Å². The van der Waals surface area contributed by atoms with Crippen molar-refractivity contribution >= 4 is 5.78 Å². The van der Waals surface area contributed by atoms with Crippen molar-refractivity contribution in [3.8, 4) is 0 Å². The molecule has 1 heterocycles. The first kappa shape index (κ1) is 13.1. The normalized spacial score (nSPS) is 20.9. The van der Waals surface area contributed by atoms with Crippen molar-refractivity contribution in [1.29, 1.82) is 0 Å². The molecule has 1 aromatic rings. The van der Waals surface area contributed by atoms with Crippen LogP contribution < -0.4 is 0 Å². The fraction of sp³-hybridized carbons (Fsp3) is 0.500. The lowest BCUT2D eigenvalue weighted by molar-refractivity contribution is -0.122. The number of benzene rings is 1. The lowest BCUT2D eigenvalue weighted by Gasteiger charge is -2.31. The van der Waals surface area contributed by atoms with Crippen LogP contribution in [0.1, 0.15) is 25.3 Å². The highest BCUT2D eigenvalue weighted by Gasteiger charge is 2.23. The van der Waals surface area contributed by atoms with Crippen molar-refractivity contribution in [1.82, 2.24) is 4.90 Å². The van der Waals surface area contributed by atoms with Gasteiger partial charge in [0.05, 0.1) is 0 Å². The molecule has 1 atom stereocenters. The highest BCUT2D eigenvalue weighted by molar-refractivity contribution is 5.78. The SMILES string of the molecule is CC(=O)C1CCCN(Cc2ccc(F)c(F)c2)C1. The van der Waals surface area contributed by atoms with E-state index in [0.29, 0.717) is 13.1 Å². The van der Waals surface area contributed by atoms with Crippen LogP contribution in [0.3, 0.4) is 0 Å². The number of piperidine rings is 1. The third-order valence-electron chi connectivity index (χ3n) is 3.47. The molecule has 4 heteroatoms. The second kappa shape index (κ2) is 5.57. The quantitative estimate of drug-likeness (QED) is 0.825. The van der Waals surface area contributed by atoms with Crippen molar-refractivity contribution in [3.63, 3.8) is 0 Å². The van der Waals surface area contributed by atoms with Crippen LogP contribution in [-0.4, -0.2) is 23.8 Å². The van der Waals surface area contributed by atoms with Gasteiger partial charge < -0.3 is 0 Å². The fourth-order valence-electron chi connectivity index (χ4n) is 2.43. The van der Waals surface area contributed by atoms with Gasteiger partial charge in [-0.3, -0.25) is 9.69 Å². The van der Waals surface area contributed by atoms with E-state index in [-0.39, 0.29) is 11.7 Å². The Balaban J connectivity index is 2.00. The minimum atomic E-state index is -0.820. The Morgan fingerprint density at radius 1 is 1.39 bits per heavy atom. The molecule has 0 aromatic heterocycles. The fourth-order valence-corrected chi connectivity index (χ4v) is 2.43. The summed E-state index contributed by atoms with van der Waals surface area (Å²) in [5.41, 5.74) is 0.748. The minimum absolute atomic E-state index is 0.0871. The van der Waals surface area contributed by atoms with Crippen molar-refractivity contribution in [2.75, 3.05) is 13.1 Å². The molecule has 0 aliphatic carbocycles. The third kappa shape index (κ3) is 3.13. The molecule has 1 aliphatic rings. The van der Waals surface area contributed by atoms with Crippen LogP contribution in [0, 0.1) is 17.6 Å². The summed E-state index contributed by atoms with van der Waals surface area (Å²) in [5.74, 6) is -1.33.